The summed E-state index contributed by atoms with van der Waals surface area (Å²) in [6.07, 6.45) is -0.707. The van der Waals surface area contributed by atoms with Gasteiger partial charge in [-0.15, -0.1) is 11.3 Å². The predicted molar refractivity (Wildman–Crippen MR) is 98.3 cm³/mol. The van der Waals surface area contributed by atoms with Gasteiger partial charge in [0.2, 0.25) is 0 Å². The van der Waals surface area contributed by atoms with Gasteiger partial charge in [0, 0.05) is 16.2 Å². The van der Waals surface area contributed by atoms with Crippen LogP contribution >= 0.6 is 23.1 Å². The second-order valence-electron chi connectivity index (χ2n) is 4.82. The lowest BCUT2D eigenvalue weighted by Gasteiger charge is -2.07. The molecule has 0 aliphatic rings. The van der Waals surface area contributed by atoms with Crippen LogP contribution in [0, 0.1) is 11.6 Å². The molecule has 25 heavy (non-hydrogen) atoms. The lowest BCUT2D eigenvalue weighted by atomic mass is 10.1. The number of nitrogens with one attached hydrogen (secondary N) is 1. The Hall–Kier alpha value is -1.93. The van der Waals surface area contributed by atoms with Gasteiger partial charge in [-0.2, -0.15) is 16.9 Å². The van der Waals surface area contributed by atoms with Crippen molar-refractivity contribution in [2.75, 3.05) is 12.4 Å². The fourth-order valence-corrected chi connectivity index (χ4v) is 3.76. The molecule has 0 spiro atoms. The third kappa shape index (κ3) is 5.54. The summed E-state index contributed by atoms with van der Waals surface area (Å²) in [4.78, 5) is 13.4. The first-order valence-electron chi connectivity index (χ1n) is 7.67. The van der Waals surface area contributed by atoms with Crippen molar-refractivity contribution in [3.63, 3.8) is 0 Å². The molecule has 1 N–H and O–H groups in total. The Bertz CT molecular complexity index is 763. The number of nitrogens with zero attached hydrogens (tertiary/aromatic N) is 1. The second kappa shape index (κ2) is 9.53. The maximum Gasteiger partial charge on any atom is 0.427 e. The molecule has 0 unspecified atom stereocenters. The largest absolute Gasteiger partial charge is 0.449 e. The van der Waals surface area contributed by atoms with E-state index in [1.165, 1.54) is 17.4 Å². The Balaban J connectivity index is 2.34. The fraction of sp³-hybridized carbons (Fsp3) is 0.294. The lowest BCUT2D eigenvalue weighted by Crippen LogP contribution is -2.21. The van der Waals surface area contributed by atoms with Crippen molar-refractivity contribution >= 4 is 34.9 Å². The summed E-state index contributed by atoms with van der Waals surface area (Å²) in [6.45, 7) is 3.96. The first kappa shape index (κ1) is 19.4. The van der Waals surface area contributed by atoms with Crippen LogP contribution in [0.3, 0.4) is 0 Å². The molecule has 4 nitrogen and oxygen atoms in total. The fourth-order valence-electron chi connectivity index (χ4n) is 1.96. The maximum absolute atomic E-state index is 13.6. The molecule has 0 bridgehead atoms. The van der Waals surface area contributed by atoms with E-state index >= 15 is 0 Å². The highest BCUT2D eigenvalue weighted by Gasteiger charge is 2.14. The quantitative estimate of drug-likeness (QED) is 0.552. The topological polar surface area (TPSA) is 50.7 Å². The van der Waals surface area contributed by atoms with E-state index in [0.717, 1.165) is 33.4 Å². The zero-order valence-corrected chi connectivity index (χ0v) is 15.5. The standard InChI is InChI=1S/C17H18F2N2O2S2/c1-3-23-17(22)21-20-16(11-5-7-13(18)14(19)9-11)15-8-6-12(25-15)10-24-4-2/h5-9H,3-4,10H2,1-2H3,(H,21,22). The van der Waals surface area contributed by atoms with Crippen molar-refractivity contribution in [1.29, 1.82) is 0 Å². The summed E-state index contributed by atoms with van der Waals surface area (Å²) in [6, 6.07) is 7.32. The number of hydrogen-bond acceptors (Lipinski definition) is 5. The van der Waals surface area contributed by atoms with Crippen LogP contribution in [0.5, 0.6) is 0 Å². The van der Waals surface area contributed by atoms with Crippen molar-refractivity contribution < 1.29 is 18.3 Å². The molecule has 8 heteroatoms. The first-order chi connectivity index (χ1) is 12.0. The van der Waals surface area contributed by atoms with E-state index in [2.05, 4.69) is 17.5 Å². The van der Waals surface area contributed by atoms with E-state index < -0.39 is 17.7 Å². The summed E-state index contributed by atoms with van der Waals surface area (Å²) in [5.74, 6) is -0.0495. The van der Waals surface area contributed by atoms with E-state index in [1.807, 2.05) is 12.1 Å². The van der Waals surface area contributed by atoms with E-state index in [1.54, 1.807) is 18.7 Å². The van der Waals surface area contributed by atoms with E-state index in [9.17, 15) is 13.6 Å². The highest BCUT2D eigenvalue weighted by atomic mass is 32.2. The highest BCUT2D eigenvalue weighted by molar-refractivity contribution is 7.98. The first-order valence-corrected chi connectivity index (χ1v) is 9.65. The number of benzene rings is 1. The molecule has 0 atom stereocenters. The number of amides is 1. The SMILES string of the molecule is CCOC(=O)NN=C(c1ccc(F)c(F)c1)c1ccc(CSCC)s1. The third-order valence-electron chi connectivity index (χ3n) is 3.07. The van der Waals surface area contributed by atoms with Crippen LogP contribution in [-0.2, 0) is 10.5 Å². The molecule has 0 aliphatic carbocycles. The second-order valence-corrected chi connectivity index (χ2v) is 7.27. The predicted octanol–water partition coefficient (Wildman–Crippen LogP) is 4.78. The van der Waals surface area contributed by atoms with Gasteiger partial charge < -0.3 is 4.74 Å². The number of ether oxygens (including phenoxy) is 1. The normalized spacial score (nSPS) is 11.4. The average molecular weight is 384 g/mol. The number of hydrazone groups is 1. The molecular weight excluding hydrogens is 366 g/mol. The summed E-state index contributed by atoms with van der Waals surface area (Å²) in [7, 11) is 0. The van der Waals surface area contributed by atoms with E-state index in [4.69, 9.17) is 4.74 Å². The number of thiophene rings is 1. The minimum atomic E-state index is -0.973. The summed E-state index contributed by atoms with van der Waals surface area (Å²) >= 11 is 3.27. The van der Waals surface area contributed by atoms with Gasteiger partial charge in [0.05, 0.1) is 11.5 Å². The van der Waals surface area contributed by atoms with Crippen molar-refractivity contribution in [2.24, 2.45) is 5.10 Å². The molecule has 0 aliphatic heterocycles. The van der Waals surface area contributed by atoms with Gasteiger partial charge in [0.15, 0.2) is 11.6 Å². The van der Waals surface area contributed by atoms with E-state index in [0.29, 0.717) is 11.3 Å². The van der Waals surface area contributed by atoms with Crippen LogP contribution in [0.4, 0.5) is 13.6 Å². The number of rotatable bonds is 7. The molecule has 0 saturated carbocycles. The molecule has 1 heterocycles. The zero-order valence-electron chi connectivity index (χ0n) is 13.8. The van der Waals surface area contributed by atoms with Crippen LogP contribution in [0.2, 0.25) is 0 Å². The molecule has 0 fully saturated rings. The number of halogens is 2. The minimum Gasteiger partial charge on any atom is -0.449 e. The number of hydrogen-bond donors (Lipinski definition) is 1. The molecule has 0 radical (unpaired) electrons. The molecule has 134 valence electrons. The summed E-state index contributed by atoms with van der Waals surface area (Å²) in [5.41, 5.74) is 3.00. The molecule has 1 aromatic carbocycles. The van der Waals surface area contributed by atoms with Gasteiger partial charge in [0.25, 0.3) is 0 Å². The van der Waals surface area contributed by atoms with Gasteiger partial charge in [-0.1, -0.05) is 6.92 Å². The summed E-state index contributed by atoms with van der Waals surface area (Å²) < 4.78 is 31.6. The molecular formula is C17H18F2N2O2S2. The summed E-state index contributed by atoms with van der Waals surface area (Å²) in [5, 5.41) is 4.05. The molecule has 2 aromatic rings. The van der Waals surface area contributed by atoms with Crippen molar-refractivity contribution in [3.8, 4) is 0 Å². The molecule has 1 aromatic heterocycles. The van der Waals surface area contributed by atoms with Crippen LogP contribution in [0.1, 0.15) is 29.2 Å². The zero-order chi connectivity index (χ0) is 18.2. The Morgan fingerprint density at radius 2 is 2.04 bits per heavy atom. The van der Waals surface area contributed by atoms with Gasteiger partial charge >= 0.3 is 6.09 Å². The Morgan fingerprint density at radius 1 is 1.24 bits per heavy atom. The average Bonchev–Trinajstić information content (AvgIpc) is 3.05. The highest BCUT2D eigenvalue weighted by Crippen LogP contribution is 2.25. The van der Waals surface area contributed by atoms with Crippen molar-refractivity contribution in [2.45, 2.75) is 19.6 Å². The number of carbonyl (C=O) groups is 1. The molecule has 0 saturated heterocycles. The van der Waals surface area contributed by atoms with Gasteiger partial charge in [-0.3, -0.25) is 0 Å². The third-order valence-corrected chi connectivity index (χ3v) is 5.27. The van der Waals surface area contributed by atoms with Gasteiger partial charge in [-0.25, -0.2) is 19.0 Å². The van der Waals surface area contributed by atoms with E-state index in [-0.39, 0.29) is 6.61 Å². The number of carbonyl (C=O) groups excluding carboxylic acids is 1. The lowest BCUT2D eigenvalue weighted by molar-refractivity contribution is 0.152. The van der Waals surface area contributed by atoms with Crippen LogP contribution in [-0.4, -0.2) is 24.2 Å². The van der Waals surface area contributed by atoms with Crippen LogP contribution in [0.15, 0.2) is 35.4 Å². The van der Waals surface area contributed by atoms with Crippen LogP contribution < -0.4 is 5.43 Å². The Labute approximate surface area is 153 Å². The Kier molecular flexibility index (Phi) is 7.39. The molecule has 1 amide bonds. The van der Waals surface area contributed by atoms with Crippen molar-refractivity contribution in [3.05, 3.63) is 57.3 Å². The van der Waals surface area contributed by atoms with Gasteiger partial charge in [0.1, 0.15) is 5.71 Å². The van der Waals surface area contributed by atoms with Crippen LogP contribution in [0.25, 0.3) is 0 Å². The maximum atomic E-state index is 13.6. The number of thioether (sulfide) groups is 1. The van der Waals surface area contributed by atoms with Gasteiger partial charge in [-0.05, 0) is 43.0 Å². The molecule has 2 rings (SSSR count). The smallest absolute Gasteiger partial charge is 0.427 e. The monoisotopic (exact) mass is 384 g/mol. The Morgan fingerprint density at radius 3 is 2.72 bits per heavy atom. The minimum absolute atomic E-state index is 0.208. The van der Waals surface area contributed by atoms with Crippen molar-refractivity contribution in [1.82, 2.24) is 5.43 Å².